The first-order chi connectivity index (χ1) is 16.9. The van der Waals surface area contributed by atoms with E-state index in [0.29, 0.717) is 24.6 Å². The molecule has 1 aromatic heterocycles. The number of sulfonamides is 1. The van der Waals surface area contributed by atoms with Crippen molar-refractivity contribution in [1.82, 2.24) is 9.29 Å². The Labute approximate surface area is 209 Å². The minimum atomic E-state index is -3.61. The standard InChI is InChI=1S/C27H27N3O3S2/c1-19-13-15-30(16-14-19)35(32,33)21-8-6-7-20(17-21)25(31)18-28-23-10-3-2-9-22(23)27-29-24-11-4-5-12-26(24)34-27/h2-12,17,19,28H,13-16,18H2,1H3. The van der Waals surface area contributed by atoms with E-state index in [9.17, 15) is 13.2 Å². The van der Waals surface area contributed by atoms with Crippen molar-refractivity contribution in [3.63, 3.8) is 0 Å². The first-order valence-electron chi connectivity index (χ1n) is 11.7. The van der Waals surface area contributed by atoms with Gasteiger partial charge in [-0.1, -0.05) is 43.3 Å². The van der Waals surface area contributed by atoms with Crippen LogP contribution in [0.15, 0.2) is 77.7 Å². The number of piperidine rings is 1. The summed E-state index contributed by atoms with van der Waals surface area (Å²) in [5.74, 6) is 0.361. The van der Waals surface area contributed by atoms with E-state index in [2.05, 4.69) is 12.2 Å². The molecule has 0 aliphatic carbocycles. The third-order valence-corrected chi connectivity index (χ3v) is 9.39. The maximum absolute atomic E-state index is 13.1. The summed E-state index contributed by atoms with van der Waals surface area (Å²) in [5.41, 5.74) is 3.06. The molecule has 1 aliphatic rings. The molecule has 0 spiro atoms. The Balaban J connectivity index is 1.33. The minimum absolute atomic E-state index is 0.0483. The van der Waals surface area contributed by atoms with Crippen molar-refractivity contribution < 1.29 is 13.2 Å². The quantitative estimate of drug-likeness (QED) is 0.327. The van der Waals surface area contributed by atoms with Gasteiger partial charge in [-0.15, -0.1) is 11.3 Å². The fraction of sp³-hybridized carbons (Fsp3) is 0.259. The zero-order valence-corrected chi connectivity index (χ0v) is 21.1. The van der Waals surface area contributed by atoms with Crippen molar-refractivity contribution in [2.45, 2.75) is 24.7 Å². The van der Waals surface area contributed by atoms with E-state index < -0.39 is 10.0 Å². The molecule has 1 aliphatic heterocycles. The highest BCUT2D eigenvalue weighted by atomic mass is 32.2. The van der Waals surface area contributed by atoms with Crippen LogP contribution in [0.1, 0.15) is 30.1 Å². The molecular formula is C27H27N3O3S2. The van der Waals surface area contributed by atoms with Crippen LogP contribution >= 0.6 is 11.3 Å². The molecule has 0 radical (unpaired) electrons. The monoisotopic (exact) mass is 505 g/mol. The number of thiazole rings is 1. The van der Waals surface area contributed by atoms with E-state index in [1.54, 1.807) is 29.5 Å². The summed E-state index contributed by atoms with van der Waals surface area (Å²) in [5, 5.41) is 4.12. The molecule has 35 heavy (non-hydrogen) atoms. The second kappa shape index (κ2) is 9.89. The lowest BCUT2D eigenvalue weighted by Crippen LogP contribution is -2.37. The number of anilines is 1. The first-order valence-corrected chi connectivity index (χ1v) is 14.0. The largest absolute Gasteiger partial charge is 0.377 e. The number of hydrogen-bond donors (Lipinski definition) is 1. The van der Waals surface area contributed by atoms with Crippen LogP contribution in [-0.2, 0) is 10.0 Å². The van der Waals surface area contributed by atoms with Gasteiger partial charge >= 0.3 is 0 Å². The van der Waals surface area contributed by atoms with Gasteiger partial charge in [0, 0.05) is 29.9 Å². The zero-order valence-electron chi connectivity index (χ0n) is 19.5. The molecule has 180 valence electrons. The predicted octanol–water partition coefficient (Wildman–Crippen LogP) is 5.68. The van der Waals surface area contributed by atoms with Gasteiger partial charge in [-0.3, -0.25) is 4.79 Å². The molecule has 2 heterocycles. The highest BCUT2D eigenvalue weighted by Crippen LogP contribution is 2.34. The topological polar surface area (TPSA) is 79.4 Å². The summed E-state index contributed by atoms with van der Waals surface area (Å²) < 4.78 is 28.9. The lowest BCUT2D eigenvalue weighted by molar-refractivity contribution is 0.101. The van der Waals surface area contributed by atoms with E-state index in [-0.39, 0.29) is 17.2 Å². The molecule has 0 unspecified atom stereocenters. The molecule has 3 aromatic carbocycles. The lowest BCUT2D eigenvalue weighted by Gasteiger charge is -2.29. The molecule has 8 heteroatoms. The molecule has 0 amide bonds. The Morgan fingerprint density at radius 1 is 1.03 bits per heavy atom. The number of rotatable bonds is 7. The van der Waals surface area contributed by atoms with Crippen LogP contribution in [0.25, 0.3) is 20.8 Å². The number of carbonyl (C=O) groups excluding carboxylic acids is 1. The summed E-state index contributed by atoms with van der Waals surface area (Å²) in [6, 6.07) is 22.1. The Hall–Kier alpha value is -3.07. The molecule has 6 nitrogen and oxygen atoms in total. The van der Waals surface area contributed by atoms with Crippen LogP contribution in [0, 0.1) is 5.92 Å². The van der Waals surface area contributed by atoms with Crippen LogP contribution in [0.2, 0.25) is 0 Å². The number of carbonyl (C=O) groups is 1. The molecule has 1 fully saturated rings. The smallest absolute Gasteiger partial charge is 0.243 e. The zero-order chi connectivity index (χ0) is 24.4. The van der Waals surface area contributed by atoms with Gasteiger partial charge in [-0.05, 0) is 55.2 Å². The number of hydrogen-bond acceptors (Lipinski definition) is 6. The number of nitrogens with zero attached hydrogens (tertiary/aromatic N) is 2. The number of nitrogens with one attached hydrogen (secondary N) is 1. The number of Topliss-reactive ketones (excluding diaryl/α,β-unsaturated/α-hetero) is 1. The van der Waals surface area contributed by atoms with Crippen molar-refractivity contribution in [2.75, 3.05) is 25.0 Å². The third kappa shape index (κ3) is 5.00. The maximum Gasteiger partial charge on any atom is 0.243 e. The molecule has 4 aromatic rings. The van der Waals surface area contributed by atoms with Crippen LogP contribution < -0.4 is 5.32 Å². The number of fused-ring (bicyclic) bond motifs is 1. The fourth-order valence-corrected chi connectivity index (χ4v) is 6.81. The van der Waals surface area contributed by atoms with Crippen LogP contribution in [0.4, 0.5) is 5.69 Å². The highest BCUT2D eigenvalue weighted by Gasteiger charge is 2.28. The van der Waals surface area contributed by atoms with Crippen molar-refractivity contribution in [2.24, 2.45) is 5.92 Å². The molecular weight excluding hydrogens is 478 g/mol. The van der Waals surface area contributed by atoms with Gasteiger partial charge in [0.2, 0.25) is 10.0 Å². The number of ketones is 1. The number of aromatic nitrogens is 1. The average Bonchev–Trinajstić information content (AvgIpc) is 3.32. The fourth-order valence-electron chi connectivity index (χ4n) is 4.29. The number of para-hydroxylation sites is 2. The van der Waals surface area contributed by atoms with Gasteiger partial charge in [-0.25, -0.2) is 13.4 Å². The summed E-state index contributed by atoms with van der Waals surface area (Å²) in [6.07, 6.45) is 1.71. The second-order valence-electron chi connectivity index (χ2n) is 8.92. The first kappa shape index (κ1) is 23.7. The summed E-state index contributed by atoms with van der Waals surface area (Å²) >= 11 is 1.61. The van der Waals surface area contributed by atoms with Gasteiger partial charge in [0.25, 0.3) is 0 Å². The minimum Gasteiger partial charge on any atom is -0.377 e. The van der Waals surface area contributed by atoms with E-state index in [1.807, 2.05) is 48.5 Å². The molecule has 5 rings (SSSR count). The van der Waals surface area contributed by atoms with Gasteiger partial charge in [0.05, 0.1) is 21.7 Å². The summed E-state index contributed by atoms with van der Waals surface area (Å²) in [7, 11) is -3.61. The molecule has 0 bridgehead atoms. The second-order valence-corrected chi connectivity index (χ2v) is 11.9. The van der Waals surface area contributed by atoms with Crippen LogP contribution in [0.5, 0.6) is 0 Å². The number of benzene rings is 3. The molecule has 0 atom stereocenters. The van der Waals surface area contributed by atoms with Crippen LogP contribution in [-0.4, -0.2) is 43.1 Å². The van der Waals surface area contributed by atoms with Crippen molar-refractivity contribution in [3.8, 4) is 10.6 Å². The SMILES string of the molecule is CC1CCN(S(=O)(=O)c2cccc(C(=O)CNc3ccccc3-c3nc4ccccc4s3)c2)CC1. The van der Waals surface area contributed by atoms with Gasteiger partial charge < -0.3 is 5.32 Å². The average molecular weight is 506 g/mol. The van der Waals surface area contributed by atoms with E-state index in [4.69, 9.17) is 4.98 Å². The van der Waals surface area contributed by atoms with E-state index >= 15 is 0 Å². The van der Waals surface area contributed by atoms with Gasteiger partial charge in [0.1, 0.15) is 5.01 Å². The Bertz CT molecular complexity index is 1440. The van der Waals surface area contributed by atoms with Crippen molar-refractivity contribution in [3.05, 3.63) is 78.4 Å². The van der Waals surface area contributed by atoms with Crippen molar-refractivity contribution in [1.29, 1.82) is 0 Å². The summed E-state index contributed by atoms with van der Waals surface area (Å²) in [4.78, 5) is 17.9. The van der Waals surface area contributed by atoms with E-state index in [0.717, 1.165) is 39.3 Å². The van der Waals surface area contributed by atoms with Gasteiger partial charge in [-0.2, -0.15) is 4.31 Å². The van der Waals surface area contributed by atoms with Crippen LogP contribution in [0.3, 0.4) is 0 Å². The highest BCUT2D eigenvalue weighted by molar-refractivity contribution is 7.89. The third-order valence-electron chi connectivity index (χ3n) is 6.43. The Kier molecular flexibility index (Phi) is 6.69. The Morgan fingerprint density at radius 3 is 2.57 bits per heavy atom. The summed E-state index contributed by atoms with van der Waals surface area (Å²) in [6.45, 7) is 3.23. The predicted molar refractivity (Wildman–Crippen MR) is 141 cm³/mol. The van der Waals surface area contributed by atoms with Crippen molar-refractivity contribution >= 4 is 43.0 Å². The maximum atomic E-state index is 13.1. The lowest BCUT2D eigenvalue weighted by atomic mass is 10.0. The van der Waals surface area contributed by atoms with E-state index in [1.165, 1.54) is 10.4 Å². The Morgan fingerprint density at radius 2 is 1.77 bits per heavy atom. The normalized spacial score (nSPS) is 15.3. The molecule has 1 saturated heterocycles. The molecule has 1 N–H and O–H groups in total. The molecule has 0 saturated carbocycles. The van der Waals surface area contributed by atoms with Gasteiger partial charge in [0.15, 0.2) is 5.78 Å².